The third-order valence-corrected chi connectivity index (χ3v) is 1.48. The van der Waals surface area contributed by atoms with Crippen molar-refractivity contribution < 1.29 is 39.9 Å². The Balaban J connectivity index is 0.000000583. The molecule has 0 saturated carbocycles. The second-order valence-electron chi connectivity index (χ2n) is 2.42. The SMILES string of the molecule is O=C1O[C@@H]([C@H](O)CO)C(O)=C1O.O=CO. The van der Waals surface area contributed by atoms with Crippen LogP contribution in [0.2, 0.25) is 0 Å². The first-order valence-electron chi connectivity index (χ1n) is 3.69. The van der Waals surface area contributed by atoms with Gasteiger partial charge in [-0.2, -0.15) is 0 Å². The molecule has 0 amide bonds. The Morgan fingerprint density at radius 1 is 1.47 bits per heavy atom. The van der Waals surface area contributed by atoms with Crippen molar-refractivity contribution in [3.05, 3.63) is 11.5 Å². The number of hydrogen-bond donors (Lipinski definition) is 5. The van der Waals surface area contributed by atoms with Gasteiger partial charge in [0.15, 0.2) is 11.9 Å². The van der Waals surface area contributed by atoms with E-state index in [0.717, 1.165) is 0 Å². The third-order valence-electron chi connectivity index (χ3n) is 1.48. The zero-order valence-corrected chi connectivity index (χ0v) is 7.40. The molecular formula is C7H10O8. The summed E-state index contributed by atoms with van der Waals surface area (Å²) in [4.78, 5) is 18.9. The molecule has 0 radical (unpaired) electrons. The van der Waals surface area contributed by atoms with E-state index in [2.05, 4.69) is 4.74 Å². The van der Waals surface area contributed by atoms with E-state index >= 15 is 0 Å². The van der Waals surface area contributed by atoms with Gasteiger partial charge in [-0.1, -0.05) is 0 Å². The van der Waals surface area contributed by atoms with Crippen LogP contribution in [0.1, 0.15) is 0 Å². The van der Waals surface area contributed by atoms with Gasteiger partial charge in [0.25, 0.3) is 6.47 Å². The Kier molecular flexibility index (Phi) is 5.13. The molecule has 0 spiro atoms. The summed E-state index contributed by atoms with van der Waals surface area (Å²) in [5.41, 5.74) is 0. The quantitative estimate of drug-likeness (QED) is 0.274. The molecule has 0 fully saturated rings. The number of cyclic esters (lactones) is 1. The molecule has 1 aliphatic rings. The molecular weight excluding hydrogens is 212 g/mol. The Hall–Kier alpha value is -1.80. The summed E-state index contributed by atoms with van der Waals surface area (Å²) in [5, 5.41) is 41.9. The monoisotopic (exact) mass is 222 g/mol. The van der Waals surface area contributed by atoms with Crippen molar-refractivity contribution >= 4 is 12.4 Å². The summed E-state index contributed by atoms with van der Waals surface area (Å²) >= 11 is 0. The molecule has 2 atom stereocenters. The van der Waals surface area contributed by atoms with Gasteiger partial charge in [0.05, 0.1) is 6.61 Å². The number of carbonyl (C=O) groups excluding carboxylic acids is 1. The van der Waals surface area contributed by atoms with Crippen LogP contribution in [0.5, 0.6) is 0 Å². The number of aliphatic hydroxyl groups excluding tert-OH is 4. The molecule has 0 aliphatic carbocycles. The van der Waals surface area contributed by atoms with E-state index in [1.807, 2.05) is 0 Å². The molecule has 1 rings (SSSR count). The smallest absolute Gasteiger partial charge is 0.377 e. The van der Waals surface area contributed by atoms with Crippen molar-refractivity contribution in [2.24, 2.45) is 0 Å². The van der Waals surface area contributed by atoms with Crippen LogP contribution in [0.15, 0.2) is 11.5 Å². The third kappa shape index (κ3) is 3.11. The molecule has 0 saturated heterocycles. The molecule has 5 N–H and O–H groups in total. The van der Waals surface area contributed by atoms with Crippen LogP contribution in [0.25, 0.3) is 0 Å². The number of esters is 1. The van der Waals surface area contributed by atoms with Crippen molar-refractivity contribution in [2.45, 2.75) is 12.2 Å². The van der Waals surface area contributed by atoms with Gasteiger partial charge >= 0.3 is 5.97 Å². The highest BCUT2D eigenvalue weighted by atomic mass is 16.6. The van der Waals surface area contributed by atoms with Gasteiger partial charge in [-0.3, -0.25) is 4.79 Å². The molecule has 86 valence electrons. The minimum atomic E-state index is -1.42. The van der Waals surface area contributed by atoms with Crippen molar-refractivity contribution in [2.75, 3.05) is 6.61 Å². The highest BCUT2D eigenvalue weighted by molar-refractivity contribution is 5.89. The predicted molar refractivity (Wildman–Crippen MR) is 43.9 cm³/mol. The lowest BCUT2D eigenvalue weighted by Crippen LogP contribution is -2.31. The van der Waals surface area contributed by atoms with Crippen molar-refractivity contribution in [3.63, 3.8) is 0 Å². The normalized spacial score (nSPS) is 21.5. The lowest BCUT2D eigenvalue weighted by atomic mass is 10.2. The topological polar surface area (TPSA) is 145 Å². The molecule has 8 heteroatoms. The number of carboxylic acid groups (broad SMARTS) is 1. The van der Waals surface area contributed by atoms with Crippen molar-refractivity contribution in [3.8, 4) is 0 Å². The van der Waals surface area contributed by atoms with Crippen LogP contribution < -0.4 is 0 Å². The van der Waals surface area contributed by atoms with Gasteiger partial charge in [-0.25, -0.2) is 4.79 Å². The molecule has 0 aromatic rings. The number of carbonyl (C=O) groups is 2. The van der Waals surface area contributed by atoms with Gasteiger partial charge in [0.1, 0.15) is 6.10 Å². The van der Waals surface area contributed by atoms with Crippen LogP contribution in [0.3, 0.4) is 0 Å². The van der Waals surface area contributed by atoms with Crippen molar-refractivity contribution in [1.82, 2.24) is 0 Å². The summed E-state index contributed by atoms with van der Waals surface area (Å²) in [5.74, 6) is -2.78. The predicted octanol–water partition coefficient (Wildman–Crippen LogP) is -1.71. The van der Waals surface area contributed by atoms with E-state index in [4.69, 9.17) is 30.3 Å². The summed E-state index contributed by atoms with van der Waals surface area (Å²) in [6.45, 7) is -0.921. The standard InChI is InChI=1S/C6H8O6.CH2O2/c7-1-2(8)5-3(9)4(10)6(11)12-5;2-1-3/h2,5,7-10H,1H2;1H,(H,2,3)/t2-,5+;/m1./s1. The van der Waals surface area contributed by atoms with E-state index < -0.39 is 36.3 Å². The van der Waals surface area contributed by atoms with E-state index in [0.29, 0.717) is 0 Å². The molecule has 0 unspecified atom stereocenters. The molecule has 8 nitrogen and oxygen atoms in total. The van der Waals surface area contributed by atoms with Gasteiger partial charge in [-0.15, -0.1) is 0 Å². The first-order chi connectivity index (χ1) is 6.99. The molecule has 0 aromatic carbocycles. The Bertz CT molecular complexity index is 270. The maximum atomic E-state index is 10.5. The van der Waals surface area contributed by atoms with Gasteiger partial charge in [0, 0.05) is 0 Å². The summed E-state index contributed by atoms with van der Waals surface area (Å²) in [7, 11) is 0. The van der Waals surface area contributed by atoms with E-state index in [1.54, 1.807) is 0 Å². The lowest BCUT2D eigenvalue weighted by molar-refractivity contribution is -0.147. The Labute approximate surface area is 83.6 Å². The largest absolute Gasteiger partial charge is 0.505 e. The summed E-state index contributed by atoms with van der Waals surface area (Å²) < 4.78 is 4.32. The Morgan fingerprint density at radius 3 is 2.20 bits per heavy atom. The fraction of sp³-hybridized carbons (Fsp3) is 0.429. The number of rotatable bonds is 2. The van der Waals surface area contributed by atoms with Crippen LogP contribution in [0, 0.1) is 0 Å². The van der Waals surface area contributed by atoms with Gasteiger partial charge < -0.3 is 30.3 Å². The molecule has 1 aliphatic heterocycles. The zero-order chi connectivity index (χ0) is 12.0. The second kappa shape index (κ2) is 5.83. The fourth-order valence-electron chi connectivity index (χ4n) is 0.823. The van der Waals surface area contributed by atoms with E-state index in [-0.39, 0.29) is 6.47 Å². The number of aliphatic hydroxyl groups is 4. The van der Waals surface area contributed by atoms with Crippen LogP contribution in [-0.2, 0) is 14.3 Å². The molecule has 15 heavy (non-hydrogen) atoms. The van der Waals surface area contributed by atoms with E-state index in [9.17, 15) is 4.79 Å². The number of hydrogen-bond acceptors (Lipinski definition) is 7. The maximum Gasteiger partial charge on any atom is 0.377 e. The lowest BCUT2D eigenvalue weighted by Gasteiger charge is -2.13. The molecule has 0 bridgehead atoms. The first-order valence-corrected chi connectivity index (χ1v) is 3.69. The van der Waals surface area contributed by atoms with Crippen molar-refractivity contribution in [1.29, 1.82) is 0 Å². The summed E-state index contributed by atoms with van der Waals surface area (Å²) in [6.07, 6.45) is -2.78. The maximum absolute atomic E-state index is 10.5. The zero-order valence-electron chi connectivity index (χ0n) is 7.40. The van der Waals surface area contributed by atoms with Gasteiger partial charge in [-0.05, 0) is 0 Å². The second-order valence-corrected chi connectivity index (χ2v) is 2.42. The summed E-state index contributed by atoms with van der Waals surface area (Å²) in [6, 6.07) is 0. The average Bonchev–Trinajstić information content (AvgIpc) is 2.46. The molecule has 0 aromatic heterocycles. The first kappa shape index (κ1) is 13.2. The highest BCUT2D eigenvalue weighted by Crippen LogP contribution is 2.20. The average molecular weight is 222 g/mol. The van der Waals surface area contributed by atoms with Gasteiger partial charge in [0.2, 0.25) is 5.76 Å². The number of ether oxygens (including phenoxy) is 1. The minimum Gasteiger partial charge on any atom is -0.505 e. The van der Waals surface area contributed by atoms with Crippen LogP contribution >= 0.6 is 0 Å². The Morgan fingerprint density at radius 2 is 1.93 bits per heavy atom. The fourth-order valence-corrected chi connectivity index (χ4v) is 0.823. The minimum absolute atomic E-state index is 0.250. The highest BCUT2D eigenvalue weighted by Gasteiger charge is 2.38. The van der Waals surface area contributed by atoms with Crippen LogP contribution in [-0.4, -0.2) is 56.8 Å². The van der Waals surface area contributed by atoms with Crippen LogP contribution in [0.4, 0.5) is 0 Å². The van der Waals surface area contributed by atoms with E-state index in [1.165, 1.54) is 0 Å². The molecule has 1 heterocycles.